The molecule has 0 aliphatic heterocycles. The number of benzene rings is 1. The number of rotatable bonds is 4. The van der Waals surface area contributed by atoms with E-state index in [-0.39, 0.29) is 0 Å². The Morgan fingerprint density at radius 1 is 1.17 bits per heavy atom. The van der Waals surface area contributed by atoms with Gasteiger partial charge in [0.2, 0.25) is 0 Å². The second kappa shape index (κ2) is 5.98. The summed E-state index contributed by atoms with van der Waals surface area (Å²) in [5, 5.41) is 4.09. The number of aryl methyl sites for hydroxylation is 1. The van der Waals surface area contributed by atoms with E-state index < -0.39 is 0 Å². The molecule has 0 bridgehead atoms. The third-order valence-corrected chi connectivity index (χ3v) is 3.29. The Labute approximate surface area is 113 Å². The maximum atomic E-state index is 6.15. The lowest BCUT2D eigenvalue weighted by Gasteiger charge is -2.07. The summed E-state index contributed by atoms with van der Waals surface area (Å²) in [4.78, 5) is 4.28. The van der Waals surface area contributed by atoms with E-state index in [1.54, 1.807) is 0 Å². The number of hydrogen-bond donors (Lipinski definition) is 1. The Bertz CT molecular complexity index is 538. The predicted octanol–water partition coefficient (Wildman–Crippen LogP) is 3.82. The normalized spacial score (nSPS) is 10.6. The highest BCUT2D eigenvalue weighted by molar-refractivity contribution is 6.31. The molecule has 18 heavy (non-hydrogen) atoms. The van der Waals surface area contributed by atoms with Gasteiger partial charge in [-0.3, -0.25) is 4.98 Å². The summed E-state index contributed by atoms with van der Waals surface area (Å²) in [6, 6.07) is 8.26. The molecular formula is C15H17ClN2. The second-order valence-corrected chi connectivity index (χ2v) is 4.73. The van der Waals surface area contributed by atoms with Crippen molar-refractivity contribution in [2.75, 3.05) is 6.54 Å². The molecule has 3 heteroatoms. The van der Waals surface area contributed by atoms with Crippen LogP contribution in [-0.2, 0) is 6.54 Å². The van der Waals surface area contributed by atoms with E-state index >= 15 is 0 Å². The van der Waals surface area contributed by atoms with Crippen molar-refractivity contribution in [1.82, 2.24) is 10.3 Å². The highest BCUT2D eigenvalue weighted by Crippen LogP contribution is 2.25. The van der Waals surface area contributed by atoms with E-state index in [1.165, 1.54) is 5.56 Å². The van der Waals surface area contributed by atoms with Crippen molar-refractivity contribution < 1.29 is 0 Å². The van der Waals surface area contributed by atoms with E-state index in [9.17, 15) is 0 Å². The third kappa shape index (κ3) is 3.09. The first-order valence-electron chi connectivity index (χ1n) is 6.12. The molecule has 0 amide bonds. The van der Waals surface area contributed by atoms with Crippen LogP contribution in [0.4, 0.5) is 0 Å². The topological polar surface area (TPSA) is 24.9 Å². The maximum absolute atomic E-state index is 6.15. The molecule has 0 radical (unpaired) electrons. The zero-order valence-corrected chi connectivity index (χ0v) is 11.5. The van der Waals surface area contributed by atoms with Crippen molar-refractivity contribution in [3.8, 4) is 11.1 Å². The van der Waals surface area contributed by atoms with Gasteiger partial charge in [-0.05, 0) is 42.3 Å². The fraction of sp³-hybridized carbons (Fsp3) is 0.267. The van der Waals surface area contributed by atoms with Gasteiger partial charge in [0.25, 0.3) is 0 Å². The van der Waals surface area contributed by atoms with Crippen molar-refractivity contribution in [1.29, 1.82) is 0 Å². The van der Waals surface area contributed by atoms with Gasteiger partial charge in [-0.1, -0.05) is 30.7 Å². The minimum atomic E-state index is 0.796. The number of nitrogens with one attached hydrogen (secondary N) is 1. The summed E-state index contributed by atoms with van der Waals surface area (Å²) in [5.41, 5.74) is 4.49. The highest BCUT2D eigenvalue weighted by Gasteiger charge is 2.02. The lowest BCUT2D eigenvalue weighted by atomic mass is 10.0. The van der Waals surface area contributed by atoms with Gasteiger partial charge in [0.1, 0.15) is 0 Å². The number of hydrogen-bond acceptors (Lipinski definition) is 2. The Morgan fingerprint density at radius 3 is 2.72 bits per heavy atom. The standard InChI is InChI=1S/C15H17ClN2/c1-3-17-8-12-6-14(10-18-9-12)13-5-4-11(2)15(16)7-13/h4-7,9-10,17H,3,8H2,1-2H3. The average molecular weight is 261 g/mol. The van der Waals surface area contributed by atoms with E-state index in [0.717, 1.165) is 34.8 Å². The van der Waals surface area contributed by atoms with Crippen LogP contribution >= 0.6 is 11.6 Å². The average Bonchev–Trinajstić information content (AvgIpc) is 2.40. The maximum Gasteiger partial charge on any atom is 0.0441 e. The smallest absolute Gasteiger partial charge is 0.0441 e. The molecular weight excluding hydrogens is 244 g/mol. The molecule has 0 aliphatic carbocycles. The molecule has 0 atom stereocenters. The van der Waals surface area contributed by atoms with Crippen LogP contribution in [-0.4, -0.2) is 11.5 Å². The van der Waals surface area contributed by atoms with Gasteiger partial charge in [-0.2, -0.15) is 0 Å². The zero-order valence-electron chi connectivity index (χ0n) is 10.7. The van der Waals surface area contributed by atoms with Crippen LogP contribution in [0.25, 0.3) is 11.1 Å². The molecule has 0 unspecified atom stereocenters. The van der Waals surface area contributed by atoms with Crippen LogP contribution in [0.3, 0.4) is 0 Å². The van der Waals surface area contributed by atoms with E-state index in [1.807, 2.05) is 31.5 Å². The summed E-state index contributed by atoms with van der Waals surface area (Å²) in [5.74, 6) is 0. The fourth-order valence-electron chi connectivity index (χ4n) is 1.78. The Morgan fingerprint density at radius 2 is 2.00 bits per heavy atom. The Hall–Kier alpha value is -1.38. The van der Waals surface area contributed by atoms with Gasteiger partial charge >= 0.3 is 0 Å². The van der Waals surface area contributed by atoms with Crippen LogP contribution in [0.15, 0.2) is 36.7 Å². The van der Waals surface area contributed by atoms with Gasteiger partial charge in [0, 0.05) is 29.5 Å². The third-order valence-electron chi connectivity index (χ3n) is 2.88. The molecule has 2 nitrogen and oxygen atoms in total. The van der Waals surface area contributed by atoms with Crippen molar-refractivity contribution in [2.45, 2.75) is 20.4 Å². The van der Waals surface area contributed by atoms with Gasteiger partial charge in [-0.15, -0.1) is 0 Å². The number of aromatic nitrogens is 1. The lowest BCUT2D eigenvalue weighted by Crippen LogP contribution is -2.11. The monoisotopic (exact) mass is 260 g/mol. The van der Waals surface area contributed by atoms with Gasteiger partial charge in [-0.25, -0.2) is 0 Å². The molecule has 0 saturated heterocycles. The quantitative estimate of drug-likeness (QED) is 0.904. The van der Waals surface area contributed by atoms with Crippen LogP contribution in [0.5, 0.6) is 0 Å². The van der Waals surface area contributed by atoms with Crippen molar-refractivity contribution >= 4 is 11.6 Å². The molecule has 1 aromatic carbocycles. The van der Waals surface area contributed by atoms with Crippen LogP contribution in [0.2, 0.25) is 5.02 Å². The van der Waals surface area contributed by atoms with E-state index in [2.05, 4.69) is 29.4 Å². The minimum absolute atomic E-state index is 0.796. The van der Waals surface area contributed by atoms with Crippen molar-refractivity contribution in [3.63, 3.8) is 0 Å². The first-order valence-corrected chi connectivity index (χ1v) is 6.49. The lowest BCUT2D eigenvalue weighted by molar-refractivity contribution is 0.724. The molecule has 2 aromatic rings. The molecule has 1 N–H and O–H groups in total. The molecule has 94 valence electrons. The number of halogens is 1. The molecule has 0 spiro atoms. The molecule has 0 saturated carbocycles. The first kappa shape index (κ1) is 13.1. The summed E-state index contributed by atoms with van der Waals surface area (Å²) in [7, 11) is 0. The SMILES string of the molecule is CCNCc1cncc(-c2ccc(C)c(Cl)c2)c1. The van der Waals surface area contributed by atoms with E-state index in [4.69, 9.17) is 11.6 Å². The molecule has 1 heterocycles. The minimum Gasteiger partial charge on any atom is -0.313 e. The van der Waals surface area contributed by atoms with Crippen LogP contribution < -0.4 is 5.32 Å². The van der Waals surface area contributed by atoms with Crippen LogP contribution in [0.1, 0.15) is 18.1 Å². The summed E-state index contributed by atoms with van der Waals surface area (Å²) < 4.78 is 0. The molecule has 1 aromatic heterocycles. The van der Waals surface area contributed by atoms with Gasteiger partial charge < -0.3 is 5.32 Å². The first-order chi connectivity index (χ1) is 8.70. The van der Waals surface area contributed by atoms with E-state index in [0.29, 0.717) is 0 Å². The summed E-state index contributed by atoms with van der Waals surface area (Å²) in [6.45, 7) is 5.90. The van der Waals surface area contributed by atoms with Crippen molar-refractivity contribution in [2.24, 2.45) is 0 Å². The molecule has 0 aliphatic rings. The van der Waals surface area contributed by atoms with Crippen LogP contribution in [0, 0.1) is 6.92 Å². The Kier molecular flexibility index (Phi) is 4.34. The Balaban J connectivity index is 2.29. The van der Waals surface area contributed by atoms with Gasteiger partial charge in [0.05, 0.1) is 0 Å². The van der Waals surface area contributed by atoms with Gasteiger partial charge in [0.15, 0.2) is 0 Å². The second-order valence-electron chi connectivity index (χ2n) is 4.33. The fourth-order valence-corrected chi connectivity index (χ4v) is 1.96. The number of nitrogens with zero attached hydrogens (tertiary/aromatic N) is 1. The summed E-state index contributed by atoms with van der Waals surface area (Å²) in [6.07, 6.45) is 3.76. The zero-order chi connectivity index (χ0) is 13.0. The molecule has 2 rings (SSSR count). The number of pyridine rings is 1. The highest BCUT2D eigenvalue weighted by atomic mass is 35.5. The van der Waals surface area contributed by atoms with Crippen molar-refractivity contribution in [3.05, 3.63) is 52.8 Å². The predicted molar refractivity (Wildman–Crippen MR) is 76.8 cm³/mol. The largest absolute Gasteiger partial charge is 0.313 e. The molecule has 0 fully saturated rings. The summed E-state index contributed by atoms with van der Waals surface area (Å²) >= 11 is 6.15.